The number of nitrogens with one attached hydrogen (secondary N) is 1. The van der Waals surface area contributed by atoms with Gasteiger partial charge in [-0.3, -0.25) is 9.89 Å². The van der Waals surface area contributed by atoms with Crippen LogP contribution in [0.5, 0.6) is 0 Å². The van der Waals surface area contributed by atoms with Crippen LogP contribution >= 0.6 is 0 Å². The summed E-state index contributed by atoms with van der Waals surface area (Å²) in [6.45, 7) is 8.68. The highest BCUT2D eigenvalue weighted by Crippen LogP contribution is 2.20. The van der Waals surface area contributed by atoms with Gasteiger partial charge in [-0.25, -0.2) is 0 Å². The fourth-order valence-electron chi connectivity index (χ4n) is 4.04. The quantitative estimate of drug-likeness (QED) is 0.842. The number of nitrogens with zero attached hydrogens (tertiary/aromatic N) is 3. The second-order valence-corrected chi connectivity index (χ2v) is 7.28. The minimum Gasteiger partial charge on any atom is -0.370 e. The van der Waals surface area contributed by atoms with Gasteiger partial charge in [0.1, 0.15) is 5.84 Å². The molecule has 1 N–H and O–H groups in total. The first-order chi connectivity index (χ1) is 12.8. The monoisotopic (exact) mass is 348 g/mol. The molecule has 136 valence electrons. The van der Waals surface area contributed by atoms with Crippen molar-refractivity contribution in [2.24, 2.45) is 4.99 Å². The lowest BCUT2D eigenvalue weighted by Crippen LogP contribution is -2.52. The summed E-state index contributed by atoms with van der Waals surface area (Å²) in [6, 6.07) is 19.9. The Hall–Kier alpha value is -2.33. The summed E-state index contributed by atoms with van der Waals surface area (Å²) >= 11 is 0. The average Bonchev–Trinajstić information content (AvgIpc) is 3.09. The molecule has 4 rings (SSSR count). The van der Waals surface area contributed by atoms with Crippen molar-refractivity contribution >= 4 is 11.5 Å². The highest BCUT2D eigenvalue weighted by atomic mass is 15.3. The summed E-state index contributed by atoms with van der Waals surface area (Å²) in [5, 5.41) is 3.54. The Kier molecular flexibility index (Phi) is 5.21. The van der Waals surface area contributed by atoms with Crippen molar-refractivity contribution in [3.8, 4) is 0 Å². The second kappa shape index (κ2) is 7.92. The normalized spacial score (nSPS) is 20.0. The van der Waals surface area contributed by atoms with Gasteiger partial charge in [0.2, 0.25) is 0 Å². The van der Waals surface area contributed by atoms with Gasteiger partial charge in [-0.05, 0) is 37.6 Å². The maximum absolute atomic E-state index is 4.63. The zero-order valence-electron chi connectivity index (χ0n) is 15.6. The van der Waals surface area contributed by atoms with Crippen molar-refractivity contribution < 1.29 is 0 Å². The molecular weight excluding hydrogens is 320 g/mol. The third-order valence-electron chi connectivity index (χ3n) is 5.42. The molecule has 0 amide bonds. The molecule has 2 aromatic carbocycles. The summed E-state index contributed by atoms with van der Waals surface area (Å²) in [7, 11) is 0. The number of rotatable bonds is 5. The van der Waals surface area contributed by atoms with Gasteiger partial charge >= 0.3 is 0 Å². The lowest BCUT2D eigenvalue weighted by atomic mass is 10.1. The molecule has 1 fully saturated rings. The minimum absolute atomic E-state index is 0.560. The number of piperazine rings is 1. The third-order valence-corrected chi connectivity index (χ3v) is 5.42. The molecule has 1 saturated heterocycles. The van der Waals surface area contributed by atoms with Gasteiger partial charge in [0.15, 0.2) is 0 Å². The van der Waals surface area contributed by atoms with E-state index in [0.717, 1.165) is 51.5 Å². The number of hydrogen-bond donors (Lipinski definition) is 1. The molecule has 2 aliphatic heterocycles. The molecule has 0 saturated carbocycles. The number of para-hydroxylation sites is 1. The van der Waals surface area contributed by atoms with Crippen LogP contribution in [-0.2, 0) is 6.54 Å². The number of anilines is 1. The van der Waals surface area contributed by atoms with Crippen molar-refractivity contribution in [3.63, 3.8) is 0 Å². The van der Waals surface area contributed by atoms with Crippen LogP contribution in [0.2, 0.25) is 0 Å². The van der Waals surface area contributed by atoms with Crippen molar-refractivity contribution in [2.45, 2.75) is 25.9 Å². The molecule has 0 aliphatic carbocycles. The van der Waals surface area contributed by atoms with Crippen LogP contribution in [0, 0.1) is 0 Å². The molecule has 2 aromatic rings. The van der Waals surface area contributed by atoms with E-state index < -0.39 is 0 Å². The molecule has 1 atom stereocenters. The smallest absolute Gasteiger partial charge is 0.128 e. The Morgan fingerprint density at radius 2 is 1.85 bits per heavy atom. The molecule has 26 heavy (non-hydrogen) atoms. The van der Waals surface area contributed by atoms with Crippen LogP contribution in [0.25, 0.3) is 0 Å². The first-order valence-electron chi connectivity index (χ1n) is 9.72. The second-order valence-electron chi connectivity index (χ2n) is 7.28. The van der Waals surface area contributed by atoms with E-state index >= 15 is 0 Å². The highest BCUT2D eigenvalue weighted by Gasteiger charge is 2.23. The van der Waals surface area contributed by atoms with E-state index in [0.29, 0.717) is 6.04 Å². The Balaban J connectivity index is 1.21. The van der Waals surface area contributed by atoms with E-state index in [9.17, 15) is 0 Å². The Labute approximate surface area is 156 Å². The topological polar surface area (TPSA) is 30.9 Å². The van der Waals surface area contributed by atoms with Gasteiger partial charge in [-0.2, -0.15) is 0 Å². The minimum atomic E-state index is 0.560. The summed E-state index contributed by atoms with van der Waals surface area (Å²) < 4.78 is 0. The maximum Gasteiger partial charge on any atom is 0.128 e. The summed E-state index contributed by atoms with van der Waals surface area (Å²) in [4.78, 5) is 9.75. The average molecular weight is 348 g/mol. The Morgan fingerprint density at radius 1 is 1.04 bits per heavy atom. The highest BCUT2D eigenvalue weighted by molar-refractivity contribution is 6.01. The van der Waals surface area contributed by atoms with E-state index in [1.807, 2.05) is 0 Å². The van der Waals surface area contributed by atoms with Crippen LogP contribution in [0.4, 0.5) is 5.69 Å². The molecule has 0 bridgehead atoms. The molecule has 4 nitrogen and oxygen atoms in total. The van der Waals surface area contributed by atoms with Crippen molar-refractivity contribution in [2.75, 3.05) is 37.6 Å². The summed E-state index contributed by atoms with van der Waals surface area (Å²) in [6.07, 6.45) is 1.15. The van der Waals surface area contributed by atoms with Crippen LogP contribution in [0.3, 0.4) is 0 Å². The standard InChI is InChI=1S/C22H28N4/c1-18-17-25(14-15-26(18)20-9-3-2-4-10-20)13-7-12-23-22-21-11-6-5-8-19(21)16-24-22/h2-6,8-11,18H,7,12-17H2,1H3,(H,23,24). The van der Waals surface area contributed by atoms with Gasteiger partial charge in [-0.1, -0.05) is 42.5 Å². The SMILES string of the molecule is CC1CN(CCCNC2=NCc3ccccc32)CCN1c1ccccc1. The number of fused-ring (bicyclic) bond motifs is 1. The van der Waals surface area contributed by atoms with Crippen LogP contribution in [0.1, 0.15) is 24.5 Å². The fourth-order valence-corrected chi connectivity index (χ4v) is 4.04. The van der Waals surface area contributed by atoms with E-state index in [1.54, 1.807) is 0 Å². The molecule has 1 unspecified atom stereocenters. The zero-order valence-corrected chi connectivity index (χ0v) is 15.6. The van der Waals surface area contributed by atoms with Crippen molar-refractivity contribution in [3.05, 3.63) is 65.7 Å². The molecule has 0 spiro atoms. The van der Waals surface area contributed by atoms with Crippen molar-refractivity contribution in [1.29, 1.82) is 0 Å². The maximum atomic E-state index is 4.63. The summed E-state index contributed by atoms with van der Waals surface area (Å²) in [5.74, 6) is 1.07. The van der Waals surface area contributed by atoms with Crippen LogP contribution in [0.15, 0.2) is 59.6 Å². The lowest BCUT2D eigenvalue weighted by molar-refractivity contribution is 0.227. The van der Waals surface area contributed by atoms with Gasteiger partial charge in [0.05, 0.1) is 6.54 Å². The molecule has 2 aliphatic rings. The zero-order chi connectivity index (χ0) is 17.8. The van der Waals surface area contributed by atoms with Gasteiger partial charge in [0.25, 0.3) is 0 Å². The number of benzene rings is 2. The molecule has 0 aromatic heterocycles. The van der Waals surface area contributed by atoms with E-state index in [1.165, 1.54) is 16.8 Å². The molecule has 4 heteroatoms. The van der Waals surface area contributed by atoms with Crippen LogP contribution < -0.4 is 10.2 Å². The first kappa shape index (κ1) is 17.1. The van der Waals surface area contributed by atoms with E-state index in [-0.39, 0.29) is 0 Å². The van der Waals surface area contributed by atoms with E-state index in [2.05, 4.69) is 81.6 Å². The Bertz CT molecular complexity index is 756. The lowest BCUT2D eigenvalue weighted by Gasteiger charge is -2.41. The first-order valence-corrected chi connectivity index (χ1v) is 9.72. The molecule has 2 heterocycles. The predicted octanol–water partition coefficient (Wildman–Crippen LogP) is 3.14. The van der Waals surface area contributed by atoms with Crippen molar-refractivity contribution in [1.82, 2.24) is 10.2 Å². The predicted molar refractivity (Wildman–Crippen MR) is 109 cm³/mol. The molecule has 0 radical (unpaired) electrons. The third kappa shape index (κ3) is 3.75. The number of amidine groups is 1. The van der Waals surface area contributed by atoms with Gasteiger partial charge < -0.3 is 10.2 Å². The summed E-state index contributed by atoms with van der Waals surface area (Å²) in [5.41, 5.74) is 3.96. The number of aliphatic imine (C=N–C) groups is 1. The molecular formula is C22H28N4. The van der Waals surface area contributed by atoms with Crippen LogP contribution in [-0.4, -0.2) is 49.5 Å². The number of hydrogen-bond acceptors (Lipinski definition) is 4. The van der Waals surface area contributed by atoms with Gasteiger partial charge in [0, 0.05) is 43.5 Å². The van der Waals surface area contributed by atoms with E-state index in [4.69, 9.17) is 0 Å². The Morgan fingerprint density at radius 3 is 2.69 bits per heavy atom. The fraction of sp³-hybridized carbons (Fsp3) is 0.409. The van der Waals surface area contributed by atoms with Gasteiger partial charge in [-0.15, -0.1) is 0 Å². The largest absolute Gasteiger partial charge is 0.370 e.